The van der Waals surface area contributed by atoms with Crippen LogP contribution in [0, 0.1) is 11.7 Å². The number of halogens is 1. The maximum Gasteiger partial charge on any atom is 0.251 e. The van der Waals surface area contributed by atoms with Crippen molar-refractivity contribution in [1.82, 2.24) is 30.0 Å². The minimum absolute atomic E-state index is 0.0434. The van der Waals surface area contributed by atoms with E-state index in [1.807, 2.05) is 4.90 Å². The number of anilines is 1. The van der Waals surface area contributed by atoms with E-state index in [0.29, 0.717) is 29.2 Å². The number of nitrogens with zero attached hydrogens (tertiary/aromatic N) is 5. The Hall–Kier alpha value is -3.82. The summed E-state index contributed by atoms with van der Waals surface area (Å²) in [5, 5.41) is 7.65. The van der Waals surface area contributed by atoms with Crippen molar-refractivity contribution in [3.8, 4) is 11.3 Å². The van der Waals surface area contributed by atoms with Crippen LogP contribution in [0.15, 0.2) is 37.2 Å². The zero-order chi connectivity index (χ0) is 22.6. The van der Waals surface area contributed by atoms with Crippen molar-refractivity contribution in [1.29, 1.82) is 0 Å². The molecule has 3 heterocycles. The molecular weight excluding hydrogens is 413 g/mol. The quantitative estimate of drug-likeness (QED) is 0.605. The Balaban J connectivity index is 1.64. The SMILES string of the molecule is C=CC(=O)N1C[C@@H]2CC1C(n1nc(-c3ccc(C(=O)NC)cc3F)c3c(N)ncnc31)C2. The summed E-state index contributed by atoms with van der Waals surface area (Å²) in [6.07, 6.45) is 4.39. The van der Waals surface area contributed by atoms with E-state index in [-0.39, 0.29) is 40.8 Å². The van der Waals surface area contributed by atoms with Gasteiger partial charge in [-0.15, -0.1) is 0 Å². The third-order valence-corrected chi connectivity index (χ3v) is 6.45. The van der Waals surface area contributed by atoms with Crippen molar-refractivity contribution in [3.05, 3.63) is 48.6 Å². The number of nitrogens with one attached hydrogen (secondary N) is 1. The van der Waals surface area contributed by atoms with Gasteiger partial charge in [-0.2, -0.15) is 5.10 Å². The van der Waals surface area contributed by atoms with Gasteiger partial charge in [0.15, 0.2) is 5.65 Å². The molecule has 1 saturated heterocycles. The molecule has 5 rings (SSSR count). The lowest BCUT2D eigenvalue weighted by Crippen LogP contribution is -2.42. The highest BCUT2D eigenvalue weighted by Crippen LogP contribution is 2.46. The summed E-state index contributed by atoms with van der Waals surface area (Å²) < 4.78 is 16.8. The second-order valence-corrected chi connectivity index (χ2v) is 8.19. The van der Waals surface area contributed by atoms with Crippen LogP contribution in [0.4, 0.5) is 10.2 Å². The Bertz CT molecular complexity index is 1270. The van der Waals surface area contributed by atoms with Crippen molar-refractivity contribution in [2.75, 3.05) is 19.3 Å². The van der Waals surface area contributed by atoms with Gasteiger partial charge in [-0.05, 0) is 43.0 Å². The number of aromatic nitrogens is 4. The van der Waals surface area contributed by atoms with E-state index < -0.39 is 5.82 Å². The van der Waals surface area contributed by atoms with Gasteiger partial charge in [0.25, 0.3) is 5.91 Å². The maximum atomic E-state index is 15.1. The van der Waals surface area contributed by atoms with Crippen LogP contribution in [0.5, 0.6) is 0 Å². The number of likely N-dealkylation sites (tertiary alicyclic amines) is 1. The summed E-state index contributed by atoms with van der Waals surface area (Å²) >= 11 is 0. The van der Waals surface area contributed by atoms with Crippen LogP contribution < -0.4 is 11.1 Å². The summed E-state index contributed by atoms with van der Waals surface area (Å²) in [6, 6.07) is 4.05. The number of hydrogen-bond donors (Lipinski definition) is 2. The second-order valence-electron chi connectivity index (χ2n) is 8.19. The summed E-state index contributed by atoms with van der Waals surface area (Å²) in [5.74, 6) is -0.545. The molecule has 1 saturated carbocycles. The Morgan fingerprint density at radius 3 is 2.75 bits per heavy atom. The van der Waals surface area contributed by atoms with Crippen LogP contribution >= 0.6 is 0 Å². The molecule has 3 aromatic rings. The molecule has 10 heteroatoms. The molecule has 2 aliphatic rings. The molecule has 164 valence electrons. The second kappa shape index (κ2) is 7.40. The number of hydrogen-bond acceptors (Lipinski definition) is 6. The normalized spacial score (nSPS) is 21.8. The topological polar surface area (TPSA) is 119 Å². The first-order chi connectivity index (χ1) is 15.4. The number of carbonyl (C=O) groups excluding carboxylic acids is 2. The van der Waals surface area contributed by atoms with Gasteiger partial charge >= 0.3 is 0 Å². The average Bonchev–Trinajstić information content (AvgIpc) is 3.51. The maximum absolute atomic E-state index is 15.1. The first-order valence-electron chi connectivity index (χ1n) is 10.4. The van der Waals surface area contributed by atoms with E-state index in [2.05, 4.69) is 21.9 Å². The molecule has 1 aliphatic heterocycles. The summed E-state index contributed by atoms with van der Waals surface area (Å²) in [6.45, 7) is 4.31. The van der Waals surface area contributed by atoms with Gasteiger partial charge in [-0.1, -0.05) is 6.58 Å². The summed E-state index contributed by atoms with van der Waals surface area (Å²) in [7, 11) is 1.48. The van der Waals surface area contributed by atoms with Crippen molar-refractivity contribution >= 4 is 28.7 Å². The third kappa shape index (κ3) is 2.94. The highest BCUT2D eigenvalue weighted by molar-refractivity contribution is 5.99. The molecule has 3 N–H and O–H groups in total. The number of carbonyl (C=O) groups is 2. The van der Waals surface area contributed by atoms with Crippen molar-refractivity contribution in [3.63, 3.8) is 0 Å². The molecular formula is C22H22FN7O2. The number of nitrogen functional groups attached to an aromatic ring is 1. The molecule has 2 bridgehead atoms. The number of nitrogens with two attached hydrogens (primary N) is 1. The largest absolute Gasteiger partial charge is 0.383 e. The molecule has 2 aromatic heterocycles. The highest BCUT2D eigenvalue weighted by atomic mass is 19.1. The van der Waals surface area contributed by atoms with E-state index in [4.69, 9.17) is 10.8 Å². The molecule has 32 heavy (non-hydrogen) atoms. The van der Waals surface area contributed by atoms with Crippen LogP contribution in [0.25, 0.3) is 22.3 Å². The molecule has 1 aliphatic carbocycles. The van der Waals surface area contributed by atoms with Crippen LogP contribution in [0.3, 0.4) is 0 Å². The van der Waals surface area contributed by atoms with Gasteiger partial charge < -0.3 is 16.0 Å². The monoisotopic (exact) mass is 435 g/mol. The predicted octanol–water partition coefficient (Wildman–Crippen LogP) is 1.92. The van der Waals surface area contributed by atoms with Crippen LogP contribution in [-0.4, -0.2) is 56.1 Å². The number of amides is 2. The van der Waals surface area contributed by atoms with Gasteiger partial charge in [0.2, 0.25) is 5.91 Å². The zero-order valence-corrected chi connectivity index (χ0v) is 17.5. The predicted molar refractivity (Wildman–Crippen MR) is 116 cm³/mol. The fraction of sp³-hybridized carbons (Fsp3) is 0.318. The van der Waals surface area contributed by atoms with Crippen molar-refractivity contribution in [2.24, 2.45) is 5.92 Å². The molecule has 3 atom stereocenters. The van der Waals surface area contributed by atoms with Gasteiger partial charge in [-0.3, -0.25) is 9.59 Å². The lowest BCUT2D eigenvalue weighted by molar-refractivity contribution is -0.128. The first-order valence-corrected chi connectivity index (χ1v) is 10.4. The lowest BCUT2D eigenvalue weighted by Gasteiger charge is -2.32. The number of piperidine rings is 1. The van der Waals surface area contributed by atoms with Gasteiger partial charge in [0.05, 0.1) is 17.5 Å². The summed E-state index contributed by atoms with van der Waals surface area (Å²) in [4.78, 5) is 34.5. The van der Waals surface area contributed by atoms with E-state index in [9.17, 15) is 9.59 Å². The Morgan fingerprint density at radius 2 is 2.06 bits per heavy atom. The van der Waals surface area contributed by atoms with Crippen molar-refractivity contribution < 1.29 is 14.0 Å². The van der Waals surface area contributed by atoms with Crippen LogP contribution in [-0.2, 0) is 4.79 Å². The Morgan fingerprint density at radius 1 is 1.28 bits per heavy atom. The molecule has 2 unspecified atom stereocenters. The zero-order valence-electron chi connectivity index (χ0n) is 17.5. The van der Waals surface area contributed by atoms with Gasteiger partial charge in [0.1, 0.15) is 23.7 Å². The van der Waals surface area contributed by atoms with E-state index in [1.165, 1.54) is 37.7 Å². The molecule has 9 nitrogen and oxygen atoms in total. The fourth-order valence-electron chi connectivity index (χ4n) is 5.03. The van der Waals surface area contributed by atoms with Gasteiger partial charge in [-0.25, -0.2) is 19.0 Å². The molecule has 1 aromatic carbocycles. The third-order valence-electron chi connectivity index (χ3n) is 6.45. The van der Waals surface area contributed by atoms with E-state index >= 15 is 4.39 Å². The minimum atomic E-state index is -0.600. The average molecular weight is 435 g/mol. The van der Waals surface area contributed by atoms with Gasteiger partial charge in [0, 0.05) is 24.7 Å². The number of fused-ring (bicyclic) bond motifs is 3. The standard InChI is InChI=1S/C22H22FN7O2/c1-3-17(31)29-9-11-6-15(29)16(7-11)30-21-18(20(24)26-10-27-21)19(28-30)13-5-4-12(8-14(13)23)22(32)25-2/h3-5,8,10-11,15-16H,1,6-7,9H2,2H3,(H,25,32)(H2,24,26,27)/t11-,15?,16?/m1/s1. The van der Waals surface area contributed by atoms with E-state index in [0.717, 1.165) is 12.8 Å². The number of rotatable bonds is 4. The van der Waals surface area contributed by atoms with Crippen LogP contribution in [0.2, 0.25) is 0 Å². The van der Waals surface area contributed by atoms with Crippen molar-refractivity contribution in [2.45, 2.75) is 24.9 Å². The molecule has 0 spiro atoms. The van der Waals surface area contributed by atoms with Crippen LogP contribution in [0.1, 0.15) is 29.2 Å². The minimum Gasteiger partial charge on any atom is -0.383 e. The molecule has 0 radical (unpaired) electrons. The smallest absolute Gasteiger partial charge is 0.251 e. The Kier molecular flexibility index (Phi) is 4.65. The summed E-state index contributed by atoms with van der Waals surface area (Å²) in [5.41, 5.74) is 7.36. The fourth-order valence-corrected chi connectivity index (χ4v) is 5.03. The molecule has 2 fully saturated rings. The Labute approximate surface area is 183 Å². The molecule has 2 amide bonds. The lowest BCUT2D eigenvalue weighted by atomic mass is 10.1. The van der Waals surface area contributed by atoms with E-state index in [1.54, 1.807) is 4.68 Å². The highest BCUT2D eigenvalue weighted by Gasteiger charge is 2.48. The first kappa shape index (κ1) is 20.1. The number of benzene rings is 1.